The maximum Gasteiger partial charge on any atom is 0.160 e. The minimum atomic E-state index is 0.253. The summed E-state index contributed by atoms with van der Waals surface area (Å²) >= 11 is 0. The molecule has 6 heteroatoms. The van der Waals surface area contributed by atoms with Gasteiger partial charge in [0.05, 0.1) is 11.6 Å². The van der Waals surface area contributed by atoms with E-state index < -0.39 is 0 Å². The number of nitrogens with zero attached hydrogens (tertiary/aromatic N) is 4. The zero-order chi connectivity index (χ0) is 12.4. The molecule has 0 saturated heterocycles. The Hall–Kier alpha value is -1.69. The molecule has 1 fully saturated rings. The van der Waals surface area contributed by atoms with E-state index in [1.165, 1.54) is 12.8 Å². The third-order valence-electron chi connectivity index (χ3n) is 3.29. The minimum absolute atomic E-state index is 0.253. The predicted octanol–water partition coefficient (Wildman–Crippen LogP) is 1.09. The van der Waals surface area contributed by atoms with Gasteiger partial charge in [-0.15, -0.1) is 0 Å². The van der Waals surface area contributed by atoms with Crippen molar-refractivity contribution in [2.45, 2.75) is 31.7 Å². The molecule has 0 aromatic carbocycles. The van der Waals surface area contributed by atoms with Crippen LogP contribution in [0.4, 0.5) is 5.82 Å². The summed E-state index contributed by atoms with van der Waals surface area (Å²) in [4.78, 5) is 10.9. The van der Waals surface area contributed by atoms with E-state index in [1.807, 2.05) is 0 Å². The fourth-order valence-electron chi connectivity index (χ4n) is 2.22. The van der Waals surface area contributed by atoms with Crippen LogP contribution < -0.4 is 4.90 Å². The molecule has 2 aromatic rings. The van der Waals surface area contributed by atoms with Gasteiger partial charge in [0.1, 0.15) is 12.1 Å². The van der Waals surface area contributed by atoms with E-state index in [9.17, 15) is 0 Å². The van der Waals surface area contributed by atoms with E-state index in [2.05, 4.69) is 25.1 Å². The molecule has 0 radical (unpaired) electrons. The van der Waals surface area contributed by atoms with Gasteiger partial charge in [0.15, 0.2) is 5.65 Å². The van der Waals surface area contributed by atoms with Crippen LogP contribution in [0.1, 0.15) is 25.7 Å². The van der Waals surface area contributed by atoms with Gasteiger partial charge in [-0.05, 0) is 25.7 Å². The molecule has 2 N–H and O–H groups in total. The molecule has 0 atom stereocenters. The van der Waals surface area contributed by atoms with Crippen molar-refractivity contribution in [3.8, 4) is 0 Å². The number of hydrogen-bond acceptors (Lipinski definition) is 5. The number of aliphatic hydroxyl groups excluding tert-OH is 1. The topological polar surface area (TPSA) is 77.9 Å². The van der Waals surface area contributed by atoms with E-state index in [0.717, 1.165) is 36.2 Å². The number of unbranched alkanes of at least 4 members (excludes halogenated alkanes) is 1. The van der Waals surface area contributed by atoms with Crippen LogP contribution in [-0.2, 0) is 0 Å². The van der Waals surface area contributed by atoms with Crippen molar-refractivity contribution in [3.63, 3.8) is 0 Å². The fraction of sp³-hybridized carbons (Fsp3) is 0.583. The molecule has 0 spiro atoms. The number of anilines is 1. The number of aliphatic hydroxyl groups is 1. The second-order valence-corrected chi connectivity index (χ2v) is 4.68. The van der Waals surface area contributed by atoms with Crippen LogP contribution in [0.2, 0.25) is 0 Å². The summed E-state index contributed by atoms with van der Waals surface area (Å²) < 4.78 is 0. The Morgan fingerprint density at radius 2 is 2.22 bits per heavy atom. The molecule has 2 heterocycles. The van der Waals surface area contributed by atoms with E-state index >= 15 is 0 Å². The maximum absolute atomic E-state index is 8.88. The average Bonchev–Trinajstić information content (AvgIpc) is 3.11. The Kier molecular flexibility index (Phi) is 3.10. The lowest BCUT2D eigenvalue weighted by Crippen LogP contribution is -2.28. The van der Waals surface area contributed by atoms with E-state index in [-0.39, 0.29) is 6.61 Å². The van der Waals surface area contributed by atoms with Gasteiger partial charge < -0.3 is 10.0 Å². The molecule has 2 aromatic heterocycles. The van der Waals surface area contributed by atoms with E-state index in [4.69, 9.17) is 5.11 Å². The van der Waals surface area contributed by atoms with Crippen LogP contribution in [0.3, 0.4) is 0 Å². The van der Waals surface area contributed by atoms with Crippen molar-refractivity contribution in [2.75, 3.05) is 18.1 Å². The fourth-order valence-corrected chi connectivity index (χ4v) is 2.22. The summed E-state index contributed by atoms with van der Waals surface area (Å²) in [5.74, 6) is 0.967. The first-order valence-corrected chi connectivity index (χ1v) is 6.41. The molecular weight excluding hydrogens is 230 g/mol. The normalized spacial score (nSPS) is 15.2. The Morgan fingerprint density at radius 1 is 1.33 bits per heavy atom. The minimum Gasteiger partial charge on any atom is -0.396 e. The van der Waals surface area contributed by atoms with Crippen LogP contribution in [0.25, 0.3) is 11.0 Å². The summed E-state index contributed by atoms with van der Waals surface area (Å²) in [5.41, 5.74) is 0.785. The first-order chi connectivity index (χ1) is 8.90. The van der Waals surface area contributed by atoms with Crippen molar-refractivity contribution in [2.24, 2.45) is 0 Å². The summed E-state index contributed by atoms with van der Waals surface area (Å²) in [5, 5.41) is 16.8. The molecule has 0 unspecified atom stereocenters. The van der Waals surface area contributed by atoms with E-state index in [1.54, 1.807) is 12.5 Å². The lowest BCUT2D eigenvalue weighted by molar-refractivity contribution is 0.285. The number of H-pyrrole nitrogens is 1. The summed E-state index contributed by atoms with van der Waals surface area (Å²) in [6.45, 7) is 1.19. The number of nitrogens with one attached hydrogen (secondary N) is 1. The highest BCUT2D eigenvalue weighted by molar-refractivity contribution is 5.86. The number of hydrogen-bond donors (Lipinski definition) is 2. The van der Waals surface area contributed by atoms with Crippen molar-refractivity contribution >= 4 is 16.9 Å². The largest absolute Gasteiger partial charge is 0.396 e. The number of aromatic amines is 1. The Balaban J connectivity index is 1.86. The molecule has 18 heavy (non-hydrogen) atoms. The Morgan fingerprint density at radius 3 is 3.00 bits per heavy atom. The van der Waals surface area contributed by atoms with Gasteiger partial charge >= 0.3 is 0 Å². The van der Waals surface area contributed by atoms with Crippen LogP contribution >= 0.6 is 0 Å². The van der Waals surface area contributed by atoms with E-state index in [0.29, 0.717) is 6.04 Å². The monoisotopic (exact) mass is 247 g/mol. The molecule has 0 bridgehead atoms. The van der Waals surface area contributed by atoms with Gasteiger partial charge in [0.2, 0.25) is 0 Å². The predicted molar refractivity (Wildman–Crippen MR) is 68.4 cm³/mol. The van der Waals surface area contributed by atoms with Crippen molar-refractivity contribution in [1.82, 2.24) is 20.2 Å². The number of fused-ring (bicyclic) bond motifs is 1. The third-order valence-corrected chi connectivity index (χ3v) is 3.29. The SMILES string of the molecule is OCCCCN(c1ncnc2[nH]ncc12)C1CC1. The lowest BCUT2D eigenvalue weighted by Gasteiger charge is -2.23. The molecule has 1 aliphatic carbocycles. The standard InChI is InChI=1S/C12H17N5O/c18-6-2-1-5-17(9-3-4-9)12-10-7-15-16-11(10)13-8-14-12/h7-9,18H,1-6H2,(H,13,14,15,16). The second-order valence-electron chi connectivity index (χ2n) is 4.68. The lowest BCUT2D eigenvalue weighted by atomic mass is 10.2. The zero-order valence-corrected chi connectivity index (χ0v) is 10.2. The van der Waals surface area contributed by atoms with Crippen LogP contribution in [0.15, 0.2) is 12.5 Å². The summed E-state index contributed by atoms with van der Waals surface area (Å²) in [7, 11) is 0. The maximum atomic E-state index is 8.88. The first-order valence-electron chi connectivity index (χ1n) is 6.41. The molecule has 0 amide bonds. The van der Waals surface area contributed by atoms with Crippen molar-refractivity contribution in [3.05, 3.63) is 12.5 Å². The highest BCUT2D eigenvalue weighted by Crippen LogP contribution is 2.33. The van der Waals surface area contributed by atoms with Crippen molar-refractivity contribution < 1.29 is 5.11 Å². The molecule has 0 aliphatic heterocycles. The summed E-state index contributed by atoms with van der Waals surface area (Å²) in [6, 6.07) is 0.594. The molecule has 1 aliphatic rings. The van der Waals surface area contributed by atoms with Crippen LogP contribution in [0.5, 0.6) is 0 Å². The summed E-state index contributed by atoms with van der Waals surface area (Å²) in [6.07, 6.45) is 7.63. The molecule has 96 valence electrons. The van der Waals surface area contributed by atoms with Gasteiger partial charge in [-0.2, -0.15) is 5.10 Å². The average molecular weight is 247 g/mol. The third kappa shape index (κ3) is 2.15. The van der Waals surface area contributed by atoms with Gasteiger partial charge in [-0.1, -0.05) is 0 Å². The Bertz CT molecular complexity index is 522. The van der Waals surface area contributed by atoms with Gasteiger partial charge in [-0.3, -0.25) is 5.10 Å². The van der Waals surface area contributed by atoms with Crippen molar-refractivity contribution in [1.29, 1.82) is 0 Å². The highest BCUT2D eigenvalue weighted by Gasteiger charge is 2.30. The smallest absolute Gasteiger partial charge is 0.160 e. The number of rotatable bonds is 6. The molecule has 6 nitrogen and oxygen atoms in total. The molecular formula is C12H17N5O. The number of aromatic nitrogens is 4. The zero-order valence-electron chi connectivity index (χ0n) is 10.2. The second kappa shape index (κ2) is 4.89. The highest BCUT2D eigenvalue weighted by atomic mass is 16.2. The van der Waals surface area contributed by atoms with Crippen LogP contribution in [-0.4, -0.2) is 44.5 Å². The first kappa shape index (κ1) is 11.4. The van der Waals surface area contributed by atoms with Gasteiger partial charge in [0.25, 0.3) is 0 Å². The van der Waals surface area contributed by atoms with Gasteiger partial charge in [0, 0.05) is 19.2 Å². The molecule has 3 rings (SSSR count). The Labute approximate surface area is 105 Å². The quantitative estimate of drug-likeness (QED) is 0.747. The van der Waals surface area contributed by atoms with Gasteiger partial charge in [-0.25, -0.2) is 9.97 Å². The molecule has 1 saturated carbocycles. The van der Waals surface area contributed by atoms with Crippen LogP contribution in [0, 0.1) is 0 Å².